The van der Waals surface area contributed by atoms with Crippen LogP contribution in [-0.2, 0) is 9.59 Å². The maximum atomic E-state index is 12.6. The van der Waals surface area contributed by atoms with Crippen molar-refractivity contribution in [2.45, 2.75) is 51.0 Å². The Labute approximate surface area is 118 Å². The van der Waals surface area contributed by atoms with Gasteiger partial charge in [-0.05, 0) is 56.3 Å². The molecule has 0 heterocycles. The molecule has 0 unspecified atom stereocenters. The Hall–Kier alpha value is -1.10. The molecule has 3 N–H and O–H groups in total. The van der Waals surface area contributed by atoms with Crippen molar-refractivity contribution < 1.29 is 19.8 Å². The number of aliphatic hydroxyl groups is 1. The average molecular weight is 281 g/mol. The Balaban J connectivity index is 1.71. The number of nitrogens with one attached hydrogen (secondary N) is 1. The maximum absolute atomic E-state index is 12.6. The number of aliphatic hydroxyl groups excluding tert-OH is 1. The number of aliphatic carboxylic acids is 1. The molecule has 0 aromatic rings. The standard InChI is InChI=1S/C15H23NO4/c17-2-1-12(13(18)19)16-14(20)15-6-9-3-10(7-15)5-11(4-9)8-15/h9-12,17H,1-8H2,(H,16,20)(H,18,19)/t9?,10?,11?,12-,15?/m0/s1. The van der Waals surface area contributed by atoms with Gasteiger partial charge in [0.05, 0.1) is 0 Å². The van der Waals surface area contributed by atoms with E-state index >= 15 is 0 Å². The first-order valence-electron chi connectivity index (χ1n) is 7.67. The van der Waals surface area contributed by atoms with Crippen LogP contribution in [0.5, 0.6) is 0 Å². The summed E-state index contributed by atoms with van der Waals surface area (Å²) in [5.74, 6) is 0.837. The summed E-state index contributed by atoms with van der Waals surface area (Å²) < 4.78 is 0. The summed E-state index contributed by atoms with van der Waals surface area (Å²) in [6, 6.07) is -0.958. The molecule has 0 aromatic heterocycles. The predicted molar refractivity (Wildman–Crippen MR) is 71.9 cm³/mol. The highest BCUT2D eigenvalue weighted by molar-refractivity contribution is 5.87. The minimum atomic E-state index is -1.06. The van der Waals surface area contributed by atoms with Gasteiger partial charge in [0.25, 0.3) is 0 Å². The zero-order valence-electron chi connectivity index (χ0n) is 11.7. The lowest BCUT2D eigenvalue weighted by molar-refractivity contribution is -0.151. The molecule has 5 heteroatoms. The van der Waals surface area contributed by atoms with Gasteiger partial charge in [0.15, 0.2) is 0 Å². The summed E-state index contributed by atoms with van der Waals surface area (Å²) in [6.45, 7) is -0.224. The number of hydrogen-bond acceptors (Lipinski definition) is 3. The molecule has 4 fully saturated rings. The minimum absolute atomic E-state index is 0.0768. The Morgan fingerprint density at radius 1 is 1.10 bits per heavy atom. The summed E-state index contributed by atoms with van der Waals surface area (Å²) in [7, 11) is 0. The van der Waals surface area contributed by atoms with Gasteiger partial charge in [-0.2, -0.15) is 0 Å². The van der Waals surface area contributed by atoms with Gasteiger partial charge in [-0.15, -0.1) is 0 Å². The summed E-state index contributed by atoms with van der Waals surface area (Å²) in [5.41, 5.74) is -0.322. The molecule has 4 aliphatic rings. The van der Waals surface area contributed by atoms with E-state index < -0.39 is 12.0 Å². The van der Waals surface area contributed by atoms with E-state index in [9.17, 15) is 9.59 Å². The van der Waals surface area contributed by atoms with Crippen LogP contribution in [0.1, 0.15) is 44.9 Å². The van der Waals surface area contributed by atoms with Crippen molar-refractivity contribution in [1.82, 2.24) is 5.32 Å². The average Bonchev–Trinajstić information content (AvgIpc) is 2.36. The van der Waals surface area contributed by atoms with Gasteiger partial charge in [-0.1, -0.05) is 0 Å². The van der Waals surface area contributed by atoms with Gasteiger partial charge in [0, 0.05) is 18.4 Å². The quantitative estimate of drug-likeness (QED) is 0.705. The number of amides is 1. The summed E-state index contributed by atoms with van der Waals surface area (Å²) in [5, 5.41) is 20.7. The molecule has 1 atom stereocenters. The second-order valence-electron chi connectivity index (χ2n) is 7.07. The molecule has 0 aliphatic heterocycles. The van der Waals surface area contributed by atoms with Crippen molar-refractivity contribution in [2.75, 3.05) is 6.61 Å². The fourth-order valence-corrected chi connectivity index (χ4v) is 5.09. The van der Waals surface area contributed by atoms with Crippen LogP contribution < -0.4 is 5.32 Å². The maximum Gasteiger partial charge on any atom is 0.326 e. The molecule has 0 saturated heterocycles. The van der Waals surface area contributed by atoms with Crippen molar-refractivity contribution in [3.8, 4) is 0 Å². The molecular weight excluding hydrogens is 258 g/mol. The highest BCUT2D eigenvalue weighted by Gasteiger charge is 2.54. The predicted octanol–water partition coefficient (Wildman–Crippen LogP) is 1.15. The molecular formula is C15H23NO4. The van der Waals surface area contributed by atoms with E-state index in [0.29, 0.717) is 17.8 Å². The monoisotopic (exact) mass is 281 g/mol. The highest BCUT2D eigenvalue weighted by atomic mass is 16.4. The third-order valence-electron chi connectivity index (χ3n) is 5.54. The molecule has 112 valence electrons. The van der Waals surface area contributed by atoms with Crippen LogP contribution in [0, 0.1) is 23.2 Å². The lowest BCUT2D eigenvalue weighted by atomic mass is 9.49. The van der Waals surface area contributed by atoms with Crippen molar-refractivity contribution in [3.05, 3.63) is 0 Å². The van der Waals surface area contributed by atoms with Gasteiger partial charge >= 0.3 is 5.97 Å². The van der Waals surface area contributed by atoms with Crippen LogP contribution in [0.2, 0.25) is 0 Å². The smallest absolute Gasteiger partial charge is 0.326 e. The van der Waals surface area contributed by atoms with E-state index in [1.54, 1.807) is 0 Å². The number of hydrogen-bond donors (Lipinski definition) is 3. The van der Waals surface area contributed by atoms with Crippen LogP contribution >= 0.6 is 0 Å². The SMILES string of the molecule is O=C(O)[C@H](CCO)NC(=O)C12CC3CC(CC(C3)C1)C2. The first-order valence-corrected chi connectivity index (χ1v) is 7.67. The molecule has 1 amide bonds. The van der Waals surface area contributed by atoms with Crippen molar-refractivity contribution in [2.24, 2.45) is 23.2 Å². The Bertz CT molecular complexity index is 385. The van der Waals surface area contributed by atoms with Gasteiger partial charge < -0.3 is 15.5 Å². The van der Waals surface area contributed by atoms with Crippen molar-refractivity contribution in [1.29, 1.82) is 0 Å². The highest BCUT2D eigenvalue weighted by Crippen LogP contribution is 2.60. The first-order chi connectivity index (χ1) is 9.52. The van der Waals surface area contributed by atoms with Gasteiger partial charge in [0.1, 0.15) is 6.04 Å². The zero-order valence-corrected chi connectivity index (χ0v) is 11.7. The van der Waals surface area contributed by atoms with Gasteiger partial charge in [-0.25, -0.2) is 4.79 Å². The zero-order chi connectivity index (χ0) is 14.3. The van der Waals surface area contributed by atoms with Gasteiger partial charge in [-0.3, -0.25) is 4.79 Å². The Kier molecular flexibility index (Phi) is 3.48. The topological polar surface area (TPSA) is 86.6 Å². The molecule has 0 spiro atoms. The van der Waals surface area contributed by atoms with Crippen molar-refractivity contribution in [3.63, 3.8) is 0 Å². The Morgan fingerprint density at radius 2 is 1.60 bits per heavy atom. The molecule has 0 aromatic carbocycles. The fraction of sp³-hybridized carbons (Fsp3) is 0.867. The molecule has 20 heavy (non-hydrogen) atoms. The van der Waals surface area contributed by atoms with E-state index in [1.807, 2.05) is 0 Å². The lowest BCUT2D eigenvalue weighted by Crippen LogP contribution is -2.56. The Morgan fingerprint density at radius 3 is 2.00 bits per heavy atom. The second kappa shape index (κ2) is 5.02. The third kappa shape index (κ3) is 2.32. The third-order valence-corrected chi connectivity index (χ3v) is 5.54. The second-order valence-corrected chi connectivity index (χ2v) is 7.07. The lowest BCUT2D eigenvalue weighted by Gasteiger charge is -2.55. The molecule has 4 aliphatic carbocycles. The molecule has 4 bridgehead atoms. The van der Waals surface area contributed by atoms with Crippen LogP contribution in [-0.4, -0.2) is 34.7 Å². The molecule has 0 radical (unpaired) electrons. The number of rotatable bonds is 5. The minimum Gasteiger partial charge on any atom is -0.480 e. The number of carboxylic acid groups (broad SMARTS) is 1. The molecule has 4 rings (SSSR count). The number of carbonyl (C=O) groups excluding carboxylic acids is 1. The van der Waals surface area contributed by atoms with E-state index in [0.717, 1.165) is 19.3 Å². The summed E-state index contributed by atoms with van der Waals surface area (Å²) in [6.07, 6.45) is 6.62. The van der Waals surface area contributed by atoms with E-state index in [2.05, 4.69) is 5.32 Å². The fourth-order valence-electron chi connectivity index (χ4n) is 5.09. The van der Waals surface area contributed by atoms with E-state index in [1.165, 1.54) is 19.3 Å². The van der Waals surface area contributed by atoms with E-state index in [4.69, 9.17) is 10.2 Å². The van der Waals surface area contributed by atoms with Crippen LogP contribution in [0.25, 0.3) is 0 Å². The first kappa shape index (κ1) is 13.9. The summed E-state index contributed by atoms with van der Waals surface area (Å²) >= 11 is 0. The largest absolute Gasteiger partial charge is 0.480 e. The van der Waals surface area contributed by atoms with Gasteiger partial charge in [0.2, 0.25) is 5.91 Å². The molecule has 5 nitrogen and oxygen atoms in total. The van der Waals surface area contributed by atoms with Crippen LogP contribution in [0.15, 0.2) is 0 Å². The van der Waals surface area contributed by atoms with E-state index in [-0.39, 0.29) is 24.3 Å². The van der Waals surface area contributed by atoms with Crippen molar-refractivity contribution >= 4 is 11.9 Å². The molecule has 4 saturated carbocycles. The summed E-state index contributed by atoms with van der Waals surface area (Å²) in [4.78, 5) is 23.8. The van der Waals surface area contributed by atoms with Crippen LogP contribution in [0.3, 0.4) is 0 Å². The number of carboxylic acids is 1. The number of carbonyl (C=O) groups is 2. The van der Waals surface area contributed by atoms with Crippen LogP contribution in [0.4, 0.5) is 0 Å². The normalized spacial score (nSPS) is 39.5.